The maximum Gasteiger partial charge on any atom is 0.125 e. The smallest absolute Gasteiger partial charge is 0.125 e. The van der Waals surface area contributed by atoms with Gasteiger partial charge >= 0.3 is 0 Å². The van der Waals surface area contributed by atoms with E-state index in [1.54, 1.807) is 30.5 Å². The summed E-state index contributed by atoms with van der Waals surface area (Å²) in [5.41, 5.74) is 1.20. The Labute approximate surface area is 80.1 Å². The van der Waals surface area contributed by atoms with Crippen LogP contribution in [0.1, 0.15) is 0 Å². The summed E-state index contributed by atoms with van der Waals surface area (Å²) >= 11 is 0. The van der Waals surface area contributed by atoms with Crippen molar-refractivity contribution in [3.8, 4) is 0 Å². The zero-order valence-corrected chi connectivity index (χ0v) is 7.27. The molecule has 0 fully saturated rings. The number of aromatic nitrogens is 2. The molecule has 1 aromatic carbocycles. The molecule has 5 nitrogen and oxygen atoms in total. The summed E-state index contributed by atoms with van der Waals surface area (Å²) in [7, 11) is 0. The number of benzene rings is 1. The average molecular weight is 188 g/mol. The second-order valence-electron chi connectivity index (χ2n) is 2.74. The monoisotopic (exact) mass is 188 g/mol. The van der Waals surface area contributed by atoms with Crippen LogP contribution in [0.5, 0.6) is 0 Å². The molecule has 0 bridgehead atoms. The Balaban J connectivity index is 2.21. The maximum absolute atomic E-state index is 10.3. The molecule has 0 atom stereocenters. The molecule has 0 aliphatic rings. The lowest BCUT2D eigenvalue weighted by molar-refractivity contribution is 1.09. The quantitative estimate of drug-likeness (QED) is 0.727. The van der Waals surface area contributed by atoms with Crippen LogP contribution in [0.2, 0.25) is 0 Å². The summed E-state index contributed by atoms with van der Waals surface area (Å²) in [5.74, 6) is 0.771. The van der Waals surface area contributed by atoms with E-state index in [1.807, 2.05) is 6.07 Å². The summed E-state index contributed by atoms with van der Waals surface area (Å²) < 4.78 is 0. The van der Waals surface area contributed by atoms with Crippen molar-refractivity contribution in [2.24, 2.45) is 5.18 Å². The van der Waals surface area contributed by atoms with Crippen molar-refractivity contribution in [2.45, 2.75) is 0 Å². The maximum atomic E-state index is 10.3. The number of nitrogens with one attached hydrogen (secondary N) is 2. The molecule has 2 aromatic rings. The molecule has 0 spiro atoms. The number of nitrogens with zero attached hydrogens (tertiary/aromatic N) is 2. The van der Waals surface area contributed by atoms with Crippen LogP contribution < -0.4 is 5.32 Å². The normalized spacial score (nSPS) is 9.71. The molecule has 70 valence electrons. The van der Waals surface area contributed by atoms with E-state index in [1.165, 1.54) is 0 Å². The second kappa shape index (κ2) is 3.69. The molecule has 2 rings (SSSR count). The van der Waals surface area contributed by atoms with E-state index in [-0.39, 0.29) is 0 Å². The first-order chi connectivity index (χ1) is 6.88. The van der Waals surface area contributed by atoms with E-state index in [0.717, 1.165) is 11.5 Å². The summed E-state index contributed by atoms with van der Waals surface area (Å²) in [6.07, 6.45) is 1.64. The highest BCUT2D eigenvalue weighted by Gasteiger charge is 1.96. The highest BCUT2D eigenvalue weighted by molar-refractivity contribution is 5.60. The van der Waals surface area contributed by atoms with Crippen LogP contribution >= 0.6 is 0 Å². The predicted molar refractivity (Wildman–Crippen MR) is 53.8 cm³/mol. The van der Waals surface area contributed by atoms with E-state index in [0.29, 0.717) is 5.69 Å². The van der Waals surface area contributed by atoms with Gasteiger partial charge in [-0.3, -0.25) is 5.10 Å². The fourth-order valence-corrected chi connectivity index (χ4v) is 1.12. The third-order valence-electron chi connectivity index (χ3n) is 1.73. The van der Waals surface area contributed by atoms with Gasteiger partial charge in [0.15, 0.2) is 0 Å². The van der Waals surface area contributed by atoms with Crippen molar-refractivity contribution >= 4 is 17.2 Å². The van der Waals surface area contributed by atoms with Crippen LogP contribution in [0.25, 0.3) is 0 Å². The Hall–Kier alpha value is -2.17. The molecule has 0 saturated heterocycles. The number of anilines is 2. The van der Waals surface area contributed by atoms with Crippen molar-refractivity contribution < 1.29 is 0 Å². The van der Waals surface area contributed by atoms with Gasteiger partial charge in [-0.1, -0.05) is 6.07 Å². The molecular weight excluding hydrogens is 180 g/mol. The van der Waals surface area contributed by atoms with Gasteiger partial charge in [-0.05, 0) is 23.4 Å². The number of hydrogen-bond donors (Lipinski definition) is 2. The molecule has 0 saturated carbocycles. The first-order valence-electron chi connectivity index (χ1n) is 4.08. The van der Waals surface area contributed by atoms with E-state index in [2.05, 4.69) is 20.7 Å². The van der Waals surface area contributed by atoms with Gasteiger partial charge in [0.05, 0.1) is 6.20 Å². The summed E-state index contributed by atoms with van der Waals surface area (Å²) in [4.78, 5) is 10.3. The van der Waals surface area contributed by atoms with Crippen LogP contribution in [-0.2, 0) is 0 Å². The lowest BCUT2D eigenvalue weighted by Gasteiger charge is -2.02. The topological polar surface area (TPSA) is 70.1 Å². The van der Waals surface area contributed by atoms with Gasteiger partial charge < -0.3 is 5.32 Å². The van der Waals surface area contributed by atoms with E-state index < -0.39 is 0 Å². The SMILES string of the molecule is O=Nc1cccc(Nc2ccn[nH]2)c1. The zero-order valence-electron chi connectivity index (χ0n) is 7.27. The van der Waals surface area contributed by atoms with Crippen molar-refractivity contribution in [1.82, 2.24) is 10.2 Å². The highest BCUT2D eigenvalue weighted by Crippen LogP contribution is 2.19. The fraction of sp³-hybridized carbons (Fsp3) is 0. The van der Waals surface area contributed by atoms with Crippen molar-refractivity contribution in [3.63, 3.8) is 0 Å². The Morgan fingerprint density at radius 3 is 3.00 bits per heavy atom. The van der Waals surface area contributed by atoms with E-state index in [9.17, 15) is 4.91 Å². The molecular formula is C9H8N4O. The van der Waals surface area contributed by atoms with Gasteiger partial charge in [-0.15, -0.1) is 4.91 Å². The van der Waals surface area contributed by atoms with Gasteiger partial charge in [-0.25, -0.2) is 0 Å². The lowest BCUT2D eigenvalue weighted by Crippen LogP contribution is -1.89. The Kier molecular flexibility index (Phi) is 2.22. The largest absolute Gasteiger partial charge is 0.341 e. The third kappa shape index (κ3) is 1.77. The number of H-pyrrole nitrogens is 1. The number of nitroso groups, excluding NO2 is 1. The van der Waals surface area contributed by atoms with Gasteiger partial charge in [-0.2, -0.15) is 5.10 Å². The standard InChI is InChI=1S/C9H8N4O/c14-13-8-3-1-2-7(6-8)11-9-4-5-10-12-9/h1-6H,(H2,10,11,12). The lowest BCUT2D eigenvalue weighted by atomic mass is 10.3. The van der Waals surface area contributed by atoms with Crippen LogP contribution in [0, 0.1) is 4.91 Å². The van der Waals surface area contributed by atoms with Crippen LogP contribution in [0.15, 0.2) is 41.7 Å². The Morgan fingerprint density at radius 2 is 2.29 bits per heavy atom. The van der Waals surface area contributed by atoms with Crippen LogP contribution in [0.3, 0.4) is 0 Å². The van der Waals surface area contributed by atoms with Gasteiger partial charge in [0.25, 0.3) is 0 Å². The van der Waals surface area contributed by atoms with E-state index in [4.69, 9.17) is 0 Å². The molecule has 0 unspecified atom stereocenters. The third-order valence-corrected chi connectivity index (χ3v) is 1.73. The van der Waals surface area contributed by atoms with Crippen molar-refractivity contribution in [2.75, 3.05) is 5.32 Å². The minimum absolute atomic E-state index is 0.398. The first-order valence-corrected chi connectivity index (χ1v) is 4.08. The first kappa shape index (κ1) is 8.43. The predicted octanol–water partition coefficient (Wildman–Crippen LogP) is 2.55. The Bertz CT molecular complexity index is 424. The van der Waals surface area contributed by atoms with Gasteiger partial charge in [0.2, 0.25) is 0 Å². The van der Waals surface area contributed by atoms with E-state index >= 15 is 0 Å². The zero-order chi connectivity index (χ0) is 9.80. The Morgan fingerprint density at radius 1 is 1.36 bits per heavy atom. The second-order valence-corrected chi connectivity index (χ2v) is 2.74. The summed E-state index contributed by atoms with van der Waals surface area (Å²) in [5, 5.41) is 12.4. The summed E-state index contributed by atoms with van der Waals surface area (Å²) in [6.45, 7) is 0. The molecule has 1 heterocycles. The fourth-order valence-electron chi connectivity index (χ4n) is 1.12. The number of aromatic amines is 1. The number of rotatable bonds is 3. The van der Waals surface area contributed by atoms with Crippen LogP contribution in [0.4, 0.5) is 17.2 Å². The molecule has 0 amide bonds. The molecule has 0 radical (unpaired) electrons. The van der Waals surface area contributed by atoms with Gasteiger partial charge in [0, 0.05) is 11.8 Å². The minimum atomic E-state index is 0.398. The van der Waals surface area contributed by atoms with Crippen molar-refractivity contribution in [3.05, 3.63) is 41.4 Å². The number of hydrogen-bond acceptors (Lipinski definition) is 4. The highest BCUT2D eigenvalue weighted by atomic mass is 16.3. The molecule has 14 heavy (non-hydrogen) atoms. The summed E-state index contributed by atoms with van der Waals surface area (Å²) in [6, 6.07) is 8.70. The minimum Gasteiger partial charge on any atom is -0.341 e. The molecule has 2 N–H and O–H groups in total. The molecule has 0 aliphatic carbocycles. The molecule has 0 aliphatic heterocycles. The molecule has 1 aromatic heterocycles. The molecule has 5 heteroatoms. The van der Waals surface area contributed by atoms with Crippen molar-refractivity contribution in [1.29, 1.82) is 0 Å². The van der Waals surface area contributed by atoms with Crippen LogP contribution in [-0.4, -0.2) is 10.2 Å². The van der Waals surface area contributed by atoms with Gasteiger partial charge in [0.1, 0.15) is 11.5 Å². The average Bonchev–Trinajstić information content (AvgIpc) is 2.71.